The van der Waals surface area contributed by atoms with Crippen LogP contribution in [0.1, 0.15) is 0 Å². The number of aromatic nitrogens is 1. The topological polar surface area (TPSA) is 93.2 Å². The Kier molecular flexibility index (Phi) is 5.23. The first-order valence-corrected chi connectivity index (χ1v) is 11.5. The molecule has 1 aromatic heterocycles. The van der Waals surface area contributed by atoms with Gasteiger partial charge < -0.3 is 0 Å². The first-order valence-electron chi connectivity index (χ1n) is 7.71. The second-order valence-electron chi connectivity index (χ2n) is 5.77. The first-order chi connectivity index (χ1) is 12.7. The molecule has 0 aliphatic rings. The normalized spacial score (nSPS) is 11.9. The van der Waals surface area contributed by atoms with Crippen LogP contribution in [-0.2, 0) is 19.9 Å². The van der Waals surface area contributed by atoms with Gasteiger partial charge in [-0.1, -0.05) is 29.8 Å². The summed E-state index contributed by atoms with van der Waals surface area (Å²) in [6.45, 7) is 0. The van der Waals surface area contributed by atoms with Crippen molar-refractivity contribution in [2.75, 3.05) is 11.0 Å². The molecule has 1 heterocycles. The van der Waals surface area contributed by atoms with Gasteiger partial charge in [0.1, 0.15) is 4.90 Å². The molecule has 0 radical (unpaired) electrons. The maximum Gasteiger partial charge on any atom is 0.263 e. The summed E-state index contributed by atoms with van der Waals surface area (Å²) in [5.74, 6) is 0. The second-order valence-corrected chi connectivity index (χ2v) is 9.84. The van der Waals surface area contributed by atoms with Gasteiger partial charge in [-0.05, 0) is 42.5 Å². The van der Waals surface area contributed by atoms with Crippen LogP contribution in [0.3, 0.4) is 0 Å². The summed E-state index contributed by atoms with van der Waals surface area (Å²) in [6.07, 6.45) is 2.67. The molecule has 0 saturated carbocycles. The number of sulfone groups is 1. The van der Waals surface area contributed by atoms with Crippen LogP contribution in [0.25, 0.3) is 11.3 Å². The largest absolute Gasteiger partial charge is 0.280 e. The zero-order valence-corrected chi connectivity index (χ0v) is 16.5. The van der Waals surface area contributed by atoms with Crippen molar-refractivity contribution in [2.45, 2.75) is 9.79 Å². The molecule has 0 fully saturated rings. The van der Waals surface area contributed by atoms with Gasteiger partial charge in [0.15, 0.2) is 9.84 Å². The standard InChI is InChI=1S/C18H15ClN2O4S2/c1-26(22,23)15-8-9-18(16(19)12-15)27(24,25)21-14-6-4-5-13(11-14)17-7-2-3-10-20-17/h2-12,21H,1H3. The third-order valence-corrected chi connectivity index (χ3v) is 6.67. The number of halogens is 1. The number of nitrogens with zero attached hydrogens (tertiary/aromatic N) is 1. The number of rotatable bonds is 5. The van der Waals surface area contributed by atoms with Gasteiger partial charge in [0.2, 0.25) is 0 Å². The third kappa shape index (κ3) is 4.47. The van der Waals surface area contributed by atoms with E-state index in [2.05, 4.69) is 9.71 Å². The van der Waals surface area contributed by atoms with Crippen molar-refractivity contribution in [3.63, 3.8) is 0 Å². The highest BCUT2D eigenvalue weighted by Crippen LogP contribution is 2.28. The van der Waals surface area contributed by atoms with Crippen molar-refractivity contribution in [1.29, 1.82) is 0 Å². The van der Waals surface area contributed by atoms with E-state index < -0.39 is 19.9 Å². The summed E-state index contributed by atoms with van der Waals surface area (Å²) >= 11 is 6.02. The van der Waals surface area contributed by atoms with E-state index in [1.807, 2.05) is 18.2 Å². The Labute approximate surface area is 162 Å². The van der Waals surface area contributed by atoms with Crippen molar-refractivity contribution >= 4 is 37.1 Å². The molecule has 3 aromatic rings. The molecule has 0 saturated heterocycles. The van der Waals surface area contributed by atoms with Crippen LogP contribution >= 0.6 is 11.6 Å². The van der Waals surface area contributed by atoms with Gasteiger partial charge in [-0.25, -0.2) is 16.8 Å². The van der Waals surface area contributed by atoms with Gasteiger partial charge in [0, 0.05) is 23.7 Å². The Hall–Kier alpha value is -2.42. The van der Waals surface area contributed by atoms with Crippen LogP contribution in [0.4, 0.5) is 5.69 Å². The van der Waals surface area contributed by atoms with Crippen LogP contribution in [-0.4, -0.2) is 28.1 Å². The number of benzene rings is 2. The van der Waals surface area contributed by atoms with E-state index in [4.69, 9.17) is 11.6 Å². The quantitative estimate of drug-likeness (QED) is 0.677. The smallest absolute Gasteiger partial charge is 0.263 e. The lowest BCUT2D eigenvalue weighted by atomic mass is 10.1. The summed E-state index contributed by atoms with van der Waals surface area (Å²) in [7, 11) is -7.49. The van der Waals surface area contributed by atoms with E-state index in [1.165, 1.54) is 12.1 Å². The number of nitrogens with one attached hydrogen (secondary N) is 1. The van der Waals surface area contributed by atoms with Gasteiger partial charge in [0.25, 0.3) is 10.0 Å². The Morgan fingerprint density at radius 3 is 2.33 bits per heavy atom. The van der Waals surface area contributed by atoms with Crippen LogP contribution in [0.5, 0.6) is 0 Å². The maximum atomic E-state index is 12.7. The SMILES string of the molecule is CS(=O)(=O)c1ccc(S(=O)(=O)Nc2cccc(-c3ccccn3)c2)c(Cl)c1. The van der Waals surface area contributed by atoms with E-state index in [1.54, 1.807) is 30.5 Å². The molecule has 140 valence electrons. The molecule has 9 heteroatoms. The highest BCUT2D eigenvalue weighted by atomic mass is 35.5. The van der Waals surface area contributed by atoms with Crippen molar-refractivity contribution in [3.05, 3.63) is 71.9 Å². The lowest BCUT2D eigenvalue weighted by molar-refractivity contribution is 0.598. The van der Waals surface area contributed by atoms with Crippen molar-refractivity contribution in [1.82, 2.24) is 4.98 Å². The molecule has 0 amide bonds. The second kappa shape index (κ2) is 7.30. The summed E-state index contributed by atoms with van der Waals surface area (Å²) < 4.78 is 51.0. The zero-order chi connectivity index (χ0) is 19.7. The minimum Gasteiger partial charge on any atom is -0.280 e. The average molecular weight is 423 g/mol. The average Bonchev–Trinajstić information content (AvgIpc) is 2.61. The molecule has 1 N–H and O–H groups in total. The minimum atomic E-state index is -4.00. The van der Waals surface area contributed by atoms with Gasteiger partial charge in [-0.15, -0.1) is 0 Å². The Balaban J connectivity index is 1.94. The van der Waals surface area contributed by atoms with E-state index in [0.717, 1.165) is 17.9 Å². The van der Waals surface area contributed by atoms with Crippen molar-refractivity contribution in [2.24, 2.45) is 0 Å². The molecule has 0 unspecified atom stereocenters. The van der Waals surface area contributed by atoms with Crippen LogP contribution in [0.2, 0.25) is 5.02 Å². The number of sulfonamides is 1. The number of anilines is 1. The molecule has 0 aliphatic heterocycles. The molecule has 0 atom stereocenters. The predicted molar refractivity (Wildman–Crippen MR) is 105 cm³/mol. The van der Waals surface area contributed by atoms with E-state index in [0.29, 0.717) is 11.4 Å². The summed E-state index contributed by atoms with van der Waals surface area (Å²) in [5, 5.41) is -0.175. The number of hydrogen-bond acceptors (Lipinski definition) is 5. The lowest BCUT2D eigenvalue weighted by Crippen LogP contribution is -2.14. The van der Waals surface area contributed by atoms with Crippen LogP contribution in [0, 0.1) is 0 Å². The van der Waals surface area contributed by atoms with Gasteiger partial charge in [-0.2, -0.15) is 0 Å². The molecule has 2 aromatic carbocycles. The molecule has 0 bridgehead atoms. The summed E-state index contributed by atoms with van der Waals surface area (Å²) in [4.78, 5) is 3.98. The van der Waals surface area contributed by atoms with Gasteiger partial charge in [0.05, 0.1) is 15.6 Å². The maximum absolute atomic E-state index is 12.7. The molecular weight excluding hydrogens is 408 g/mol. The van der Waals surface area contributed by atoms with Crippen LogP contribution in [0.15, 0.2) is 76.7 Å². The third-order valence-electron chi connectivity index (χ3n) is 3.70. The molecule has 6 nitrogen and oxygen atoms in total. The number of pyridine rings is 1. The fraction of sp³-hybridized carbons (Fsp3) is 0.0556. The Morgan fingerprint density at radius 2 is 1.70 bits per heavy atom. The first kappa shape index (κ1) is 19.3. The van der Waals surface area contributed by atoms with Gasteiger partial charge in [-0.3, -0.25) is 9.71 Å². The minimum absolute atomic E-state index is 0.0522. The van der Waals surface area contributed by atoms with E-state index in [9.17, 15) is 16.8 Å². The highest BCUT2D eigenvalue weighted by Gasteiger charge is 2.20. The van der Waals surface area contributed by atoms with Crippen molar-refractivity contribution < 1.29 is 16.8 Å². The molecule has 3 rings (SSSR count). The van der Waals surface area contributed by atoms with E-state index >= 15 is 0 Å². The molecular formula is C18H15ClN2O4S2. The summed E-state index contributed by atoms with van der Waals surface area (Å²) in [6, 6.07) is 15.7. The molecule has 0 spiro atoms. The molecule has 27 heavy (non-hydrogen) atoms. The Bertz CT molecular complexity index is 1200. The highest BCUT2D eigenvalue weighted by molar-refractivity contribution is 7.93. The fourth-order valence-corrected chi connectivity index (χ4v) is 4.72. The zero-order valence-electron chi connectivity index (χ0n) is 14.1. The summed E-state index contributed by atoms with van der Waals surface area (Å²) in [5.41, 5.74) is 1.78. The predicted octanol–water partition coefficient (Wildman–Crippen LogP) is 3.61. The lowest BCUT2D eigenvalue weighted by Gasteiger charge is -2.11. The van der Waals surface area contributed by atoms with Gasteiger partial charge >= 0.3 is 0 Å². The fourth-order valence-electron chi connectivity index (χ4n) is 2.42. The van der Waals surface area contributed by atoms with Crippen molar-refractivity contribution in [3.8, 4) is 11.3 Å². The monoisotopic (exact) mass is 422 g/mol. The number of hydrogen-bond donors (Lipinski definition) is 1. The Morgan fingerprint density at radius 1 is 0.926 bits per heavy atom. The van der Waals surface area contributed by atoms with Crippen LogP contribution < -0.4 is 4.72 Å². The van der Waals surface area contributed by atoms with E-state index in [-0.39, 0.29) is 14.8 Å². The molecule has 0 aliphatic carbocycles.